The number of hydrogen-bond acceptors (Lipinski definition) is 2. The van der Waals surface area contributed by atoms with Crippen LogP contribution in [0.25, 0.3) is 0 Å². The Balaban J connectivity index is 0.00000341. The number of unbranched alkanes of at least 4 members (excludes halogenated alkanes) is 2. The topological polar surface area (TPSA) is 18.5 Å². The summed E-state index contributed by atoms with van der Waals surface area (Å²) in [5.74, 6) is 0. The molecule has 0 aliphatic heterocycles. The Labute approximate surface area is 199 Å². The van der Waals surface area contributed by atoms with Crippen LogP contribution in [0.1, 0.15) is 33.1 Å². The van der Waals surface area contributed by atoms with E-state index in [0.29, 0.717) is 6.61 Å². The molecular weight excluding hydrogens is 467 g/mol. The van der Waals surface area contributed by atoms with Crippen molar-refractivity contribution in [2.24, 2.45) is 0 Å². The monoisotopic (exact) mass is 500 g/mol. The maximum Gasteiger partial charge on any atom is 0.154 e. The van der Waals surface area contributed by atoms with Gasteiger partial charge in [0.25, 0.3) is 0 Å². The lowest BCUT2D eigenvalue weighted by Gasteiger charge is -2.27. The van der Waals surface area contributed by atoms with Crippen LogP contribution in [0.2, 0.25) is 0 Å². The Bertz CT molecular complexity index is 746. The Morgan fingerprint density at radius 1 is 0.645 bits per heavy atom. The minimum Gasteiger partial charge on any atom is -1.00 e. The Morgan fingerprint density at radius 2 is 1.10 bits per heavy atom. The first-order valence-electron chi connectivity index (χ1n) is 11.1. The molecule has 1 unspecified atom stereocenters. The van der Waals surface area contributed by atoms with E-state index in [0.717, 1.165) is 19.4 Å². The molecule has 2 nitrogen and oxygen atoms in total. The van der Waals surface area contributed by atoms with Crippen molar-refractivity contribution in [3.8, 4) is 0 Å². The minimum atomic E-state index is -1.70. The zero-order chi connectivity index (χ0) is 21.1. The fourth-order valence-electron chi connectivity index (χ4n) is 4.04. The van der Waals surface area contributed by atoms with Crippen molar-refractivity contribution in [3.63, 3.8) is 0 Å². The molecule has 31 heavy (non-hydrogen) atoms. The zero-order valence-corrected chi connectivity index (χ0v) is 21.1. The second-order valence-electron chi connectivity index (χ2n) is 7.49. The van der Waals surface area contributed by atoms with Gasteiger partial charge in [0.05, 0.1) is 6.16 Å². The molecule has 0 spiro atoms. The second kappa shape index (κ2) is 13.8. The van der Waals surface area contributed by atoms with Crippen molar-refractivity contribution in [1.82, 2.24) is 0 Å². The lowest BCUT2D eigenvalue weighted by molar-refractivity contribution is -0.127. The van der Waals surface area contributed by atoms with Crippen LogP contribution in [0, 0.1) is 0 Å². The Hall–Kier alpha value is -1.51. The van der Waals surface area contributed by atoms with Crippen molar-refractivity contribution < 1.29 is 26.5 Å². The molecule has 166 valence electrons. The van der Waals surface area contributed by atoms with Gasteiger partial charge in [0.2, 0.25) is 0 Å². The van der Waals surface area contributed by atoms with Gasteiger partial charge in [-0.3, -0.25) is 0 Å². The average Bonchev–Trinajstić information content (AvgIpc) is 2.81. The van der Waals surface area contributed by atoms with Crippen LogP contribution in [0.4, 0.5) is 0 Å². The summed E-state index contributed by atoms with van der Waals surface area (Å²) < 4.78 is 11.2. The molecule has 0 fully saturated rings. The van der Waals surface area contributed by atoms with Crippen LogP contribution < -0.4 is 32.9 Å². The third kappa shape index (κ3) is 6.99. The summed E-state index contributed by atoms with van der Waals surface area (Å²) in [5.41, 5.74) is 0. The number of rotatable bonds is 12. The average molecular weight is 501 g/mol. The van der Waals surface area contributed by atoms with E-state index in [-0.39, 0.29) is 23.3 Å². The maximum atomic E-state index is 5.76. The van der Waals surface area contributed by atoms with Crippen LogP contribution in [-0.4, -0.2) is 25.7 Å². The van der Waals surface area contributed by atoms with Crippen LogP contribution in [0.15, 0.2) is 91.0 Å². The number of ether oxygens (including phenoxy) is 2. The fourth-order valence-corrected chi connectivity index (χ4v) is 8.45. The van der Waals surface area contributed by atoms with Crippen LogP contribution in [0.5, 0.6) is 0 Å². The summed E-state index contributed by atoms with van der Waals surface area (Å²) in [6.45, 7) is 5.42. The first-order chi connectivity index (χ1) is 14.8. The van der Waals surface area contributed by atoms with Crippen LogP contribution in [0.3, 0.4) is 0 Å². The number of halogens is 1. The van der Waals surface area contributed by atoms with Crippen LogP contribution in [-0.2, 0) is 9.47 Å². The summed E-state index contributed by atoms with van der Waals surface area (Å²) >= 11 is 0. The van der Waals surface area contributed by atoms with Gasteiger partial charge in [-0.15, -0.1) is 0 Å². The lowest BCUT2D eigenvalue weighted by atomic mass is 10.3. The minimum absolute atomic E-state index is 0. The third-order valence-electron chi connectivity index (χ3n) is 5.48. The van der Waals surface area contributed by atoms with Crippen LogP contribution >= 0.6 is 7.26 Å². The van der Waals surface area contributed by atoms with E-state index < -0.39 is 7.26 Å². The van der Waals surface area contributed by atoms with E-state index in [1.54, 1.807) is 0 Å². The van der Waals surface area contributed by atoms with E-state index in [1.807, 2.05) is 13.8 Å². The summed E-state index contributed by atoms with van der Waals surface area (Å²) in [5, 5.41) is 4.39. The molecule has 0 heterocycles. The zero-order valence-electron chi connectivity index (χ0n) is 18.6. The highest BCUT2D eigenvalue weighted by atomic mass is 79.9. The fraction of sp³-hybridized carbons (Fsp3) is 0.333. The highest BCUT2D eigenvalue weighted by Gasteiger charge is 2.44. The standard InChI is InChI=1S/C27H34O2P.BrH/c1-3-28-24(2)29-22-14-7-15-23-30(25-16-8-4-9-17-25,26-18-10-5-11-19-26)27-20-12-6-13-21-27;/h4-6,8-13,16-21,24H,3,7,14-15,22-23H2,1-2H3;1H/q+1;/p-1. The predicted molar refractivity (Wildman–Crippen MR) is 131 cm³/mol. The normalized spacial score (nSPS) is 12.2. The first-order valence-corrected chi connectivity index (χ1v) is 13.0. The van der Waals surface area contributed by atoms with E-state index >= 15 is 0 Å². The Kier molecular flexibility index (Phi) is 11.5. The van der Waals surface area contributed by atoms with Gasteiger partial charge < -0.3 is 26.5 Å². The van der Waals surface area contributed by atoms with Gasteiger partial charge in [0, 0.05) is 13.2 Å². The first kappa shape index (κ1) is 25.7. The molecule has 1 atom stereocenters. The highest BCUT2D eigenvalue weighted by molar-refractivity contribution is 7.95. The SMILES string of the molecule is CCOC(C)OCCCCC[P+](c1ccccc1)(c1ccccc1)c1ccccc1.[Br-]. The molecule has 0 bridgehead atoms. The molecule has 0 aliphatic carbocycles. The van der Waals surface area contributed by atoms with Gasteiger partial charge >= 0.3 is 0 Å². The molecule has 3 aromatic carbocycles. The van der Waals surface area contributed by atoms with Crippen molar-refractivity contribution >= 4 is 23.2 Å². The van der Waals surface area contributed by atoms with Crippen molar-refractivity contribution in [2.45, 2.75) is 39.4 Å². The van der Waals surface area contributed by atoms with E-state index in [2.05, 4.69) is 91.0 Å². The number of hydrogen-bond donors (Lipinski definition) is 0. The molecule has 0 aliphatic rings. The van der Waals surface area contributed by atoms with Crippen molar-refractivity contribution in [2.75, 3.05) is 19.4 Å². The van der Waals surface area contributed by atoms with E-state index in [9.17, 15) is 0 Å². The van der Waals surface area contributed by atoms with Crippen molar-refractivity contribution in [3.05, 3.63) is 91.0 Å². The van der Waals surface area contributed by atoms with E-state index in [4.69, 9.17) is 9.47 Å². The molecule has 0 saturated carbocycles. The molecule has 0 amide bonds. The predicted octanol–water partition coefficient (Wildman–Crippen LogP) is 2.55. The van der Waals surface area contributed by atoms with Crippen molar-refractivity contribution in [1.29, 1.82) is 0 Å². The largest absolute Gasteiger partial charge is 1.00 e. The lowest BCUT2D eigenvalue weighted by Crippen LogP contribution is -3.00. The summed E-state index contributed by atoms with van der Waals surface area (Å²) in [4.78, 5) is 0. The van der Waals surface area contributed by atoms with Gasteiger partial charge in [-0.25, -0.2) is 0 Å². The molecular formula is C27H34BrO2P. The number of benzene rings is 3. The van der Waals surface area contributed by atoms with Gasteiger partial charge in [0.15, 0.2) is 6.29 Å². The maximum absolute atomic E-state index is 5.76. The highest BCUT2D eigenvalue weighted by Crippen LogP contribution is 2.55. The van der Waals surface area contributed by atoms with Gasteiger partial charge in [-0.05, 0) is 69.5 Å². The molecule has 0 saturated heterocycles. The smallest absolute Gasteiger partial charge is 0.154 e. The molecule has 4 heteroatoms. The molecule has 0 N–H and O–H groups in total. The quantitative estimate of drug-likeness (QED) is 0.216. The van der Waals surface area contributed by atoms with E-state index in [1.165, 1.54) is 28.5 Å². The molecule has 0 aromatic heterocycles. The summed E-state index contributed by atoms with van der Waals surface area (Å²) in [7, 11) is -1.70. The summed E-state index contributed by atoms with van der Waals surface area (Å²) in [6, 6.07) is 33.3. The third-order valence-corrected chi connectivity index (χ3v) is 10.0. The molecule has 0 radical (unpaired) electrons. The van der Waals surface area contributed by atoms with Gasteiger partial charge in [0.1, 0.15) is 23.2 Å². The summed E-state index contributed by atoms with van der Waals surface area (Å²) in [6.07, 6.45) is 4.47. The second-order valence-corrected chi connectivity index (χ2v) is 11.1. The van der Waals surface area contributed by atoms with Gasteiger partial charge in [-0.2, -0.15) is 0 Å². The molecule has 3 rings (SSSR count). The Morgan fingerprint density at radius 3 is 1.52 bits per heavy atom. The van der Waals surface area contributed by atoms with Gasteiger partial charge in [-0.1, -0.05) is 54.6 Å². The molecule has 3 aromatic rings.